The van der Waals surface area contributed by atoms with Gasteiger partial charge in [0, 0.05) is 16.8 Å². The molecule has 22 heavy (non-hydrogen) atoms. The van der Waals surface area contributed by atoms with E-state index < -0.39 is 6.09 Å². The van der Waals surface area contributed by atoms with E-state index >= 15 is 0 Å². The molecule has 7 nitrogen and oxygen atoms in total. The van der Waals surface area contributed by atoms with Gasteiger partial charge in [0.25, 0.3) is 0 Å². The number of nitrogens with zero attached hydrogens (tertiary/aromatic N) is 4. The van der Waals surface area contributed by atoms with Crippen LogP contribution in [0.2, 0.25) is 0 Å². The van der Waals surface area contributed by atoms with Crippen LogP contribution < -0.4 is 5.32 Å². The first-order valence-corrected chi connectivity index (χ1v) is 6.45. The molecule has 108 valence electrons. The first-order chi connectivity index (χ1) is 10.7. The van der Waals surface area contributed by atoms with Crippen molar-refractivity contribution in [3.63, 3.8) is 0 Å². The molecule has 1 amide bonds. The van der Waals surface area contributed by atoms with E-state index in [0.29, 0.717) is 22.9 Å². The van der Waals surface area contributed by atoms with Gasteiger partial charge >= 0.3 is 6.09 Å². The molecule has 7 heteroatoms. The summed E-state index contributed by atoms with van der Waals surface area (Å²) >= 11 is 0. The average molecular weight is 293 g/mol. The monoisotopic (exact) mass is 293 g/mol. The van der Waals surface area contributed by atoms with Crippen molar-refractivity contribution in [2.24, 2.45) is 0 Å². The highest BCUT2D eigenvalue weighted by atomic mass is 16.4. The highest BCUT2D eigenvalue weighted by molar-refractivity contribution is 5.83. The maximum Gasteiger partial charge on any atom is 0.409 e. The Kier molecular flexibility index (Phi) is 3.69. The molecular weight excluding hydrogens is 282 g/mol. The van der Waals surface area contributed by atoms with Crippen LogP contribution in [-0.4, -0.2) is 31.6 Å². The van der Waals surface area contributed by atoms with Gasteiger partial charge < -0.3 is 5.11 Å². The lowest BCUT2D eigenvalue weighted by atomic mass is 10.2. The summed E-state index contributed by atoms with van der Waals surface area (Å²) in [7, 11) is 0. The number of rotatable bonds is 3. The summed E-state index contributed by atoms with van der Waals surface area (Å²) in [6.45, 7) is 0. The maximum absolute atomic E-state index is 10.7. The number of aromatic nitrogens is 4. The van der Waals surface area contributed by atoms with E-state index in [1.165, 1.54) is 0 Å². The lowest BCUT2D eigenvalue weighted by molar-refractivity contribution is 0.210. The number of amides is 1. The van der Waals surface area contributed by atoms with Gasteiger partial charge in [-0.05, 0) is 12.1 Å². The fourth-order valence-corrected chi connectivity index (χ4v) is 1.91. The number of nitrogens with one attached hydrogen (secondary N) is 1. The Morgan fingerprint density at radius 1 is 0.818 bits per heavy atom. The molecule has 1 heterocycles. The standard InChI is InChI=1S/C15H11N5O2/c21-15(22)16-12-8-4-7-11(9-12)14-19-17-13(18-20-14)10-5-2-1-3-6-10/h1-9,16H,(H,21,22). The van der Waals surface area contributed by atoms with Crippen molar-refractivity contribution >= 4 is 11.8 Å². The molecule has 0 fully saturated rings. The lowest BCUT2D eigenvalue weighted by Gasteiger charge is -2.03. The van der Waals surface area contributed by atoms with Gasteiger partial charge in [0.05, 0.1) is 0 Å². The Hall–Kier alpha value is -3.35. The Morgan fingerprint density at radius 3 is 2.05 bits per heavy atom. The Labute approximate surface area is 125 Å². The Bertz CT molecular complexity index is 791. The highest BCUT2D eigenvalue weighted by Crippen LogP contribution is 2.19. The van der Waals surface area contributed by atoms with Crippen molar-refractivity contribution in [3.8, 4) is 22.8 Å². The zero-order chi connectivity index (χ0) is 15.4. The zero-order valence-corrected chi connectivity index (χ0v) is 11.3. The summed E-state index contributed by atoms with van der Waals surface area (Å²) in [4.78, 5) is 10.7. The largest absolute Gasteiger partial charge is 0.465 e. The van der Waals surface area contributed by atoms with Crippen LogP contribution >= 0.6 is 0 Å². The van der Waals surface area contributed by atoms with Gasteiger partial charge in [-0.25, -0.2) is 4.79 Å². The zero-order valence-electron chi connectivity index (χ0n) is 11.3. The van der Waals surface area contributed by atoms with Crippen LogP contribution in [0.25, 0.3) is 22.8 Å². The van der Waals surface area contributed by atoms with Gasteiger partial charge in [0.15, 0.2) is 0 Å². The van der Waals surface area contributed by atoms with Gasteiger partial charge in [0.2, 0.25) is 11.6 Å². The summed E-state index contributed by atoms with van der Waals surface area (Å²) in [5.41, 5.74) is 1.89. The van der Waals surface area contributed by atoms with E-state index in [2.05, 4.69) is 25.7 Å². The summed E-state index contributed by atoms with van der Waals surface area (Å²) in [5, 5.41) is 27.2. The molecule has 2 aromatic carbocycles. The first-order valence-electron chi connectivity index (χ1n) is 6.45. The molecule has 0 radical (unpaired) electrons. The number of hydrogen-bond donors (Lipinski definition) is 2. The molecule has 0 aliphatic rings. The fourth-order valence-electron chi connectivity index (χ4n) is 1.91. The Balaban J connectivity index is 1.88. The number of hydrogen-bond acceptors (Lipinski definition) is 5. The normalized spacial score (nSPS) is 10.2. The fraction of sp³-hybridized carbons (Fsp3) is 0. The van der Waals surface area contributed by atoms with Crippen molar-refractivity contribution in [2.45, 2.75) is 0 Å². The van der Waals surface area contributed by atoms with E-state index in [-0.39, 0.29) is 0 Å². The molecule has 2 N–H and O–H groups in total. The van der Waals surface area contributed by atoms with Crippen LogP contribution in [0.1, 0.15) is 0 Å². The van der Waals surface area contributed by atoms with Crippen molar-refractivity contribution in [1.29, 1.82) is 0 Å². The van der Waals surface area contributed by atoms with Gasteiger partial charge in [-0.15, -0.1) is 20.4 Å². The maximum atomic E-state index is 10.7. The van der Waals surface area contributed by atoms with Gasteiger partial charge in [-0.1, -0.05) is 42.5 Å². The van der Waals surface area contributed by atoms with E-state index in [0.717, 1.165) is 5.56 Å². The molecule has 0 saturated heterocycles. The van der Waals surface area contributed by atoms with Gasteiger partial charge in [-0.3, -0.25) is 5.32 Å². The quantitative estimate of drug-likeness (QED) is 0.770. The van der Waals surface area contributed by atoms with Crippen LogP contribution in [0.15, 0.2) is 54.6 Å². The summed E-state index contributed by atoms with van der Waals surface area (Å²) in [6.07, 6.45) is -1.13. The Morgan fingerprint density at radius 2 is 1.41 bits per heavy atom. The molecule has 0 spiro atoms. The van der Waals surface area contributed by atoms with E-state index in [1.807, 2.05) is 30.3 Å². The van der Waals surface area contributed by atoms with Gasteiger partial charge in [0.1, 0.15) is 0 Å². The number of anilines is 1. The molecule has 3 rings (SSSR count). The van der Waals surface area contributed by atoms with Crippen LogP contribution in [0, 0.1) is 0 Å². The SMILES string of the molecule is O=C(O)Nc1cccc(-c2nnc(-c3ccccc3)nn2)c1. The first kappa shape index (κ1) is 13.6. The third kappa shape index (κ3) is 3.04. The molecule has 0 aliphatic heterocycles. The smallest absolute Gasteiger partial charge is 0.409 e. The average Bonchev–Trinajstić information content (AvgIpc) is 2.55. The van der Waals surface area contributed by atoms with Gasteiger partial charge in [-0.2, -0.15) is 0 Å². The highest BCUT2D eigenvalue weighted by Gasteiger charge is 2.07. The predicted molar refractivity (Wildman–Crippen MR) is 80.1 cm³/mol. The van der Waals surface area contributed by atoms with Crippen molar-refractivity contribution in [2.75, 3.05) is 5.32 Å². The topological polar surface area (TPSA) is 101 Å². The number of carboxylic acid groups (broad SMARTS) is 1. The van der Waals surface area contributed by atoms with Crippen LogP contribution in [0.3, 0.4) is 0 Å². The molecule has 0 atom stereocenters. The minimum Gasteiger partial charge on any atom is -0.465 e. The van der Waals surface area contributed by atoms with Crippen LogP contribution in [-0.2, 0) is 0 Å². The minimum absolute atomic E-state index is 0.328. The molecular formula is C15H11N5O2. The molecule has 1 aromatic heterocycles. The van der Waals surface area contributed by atoms with Crippen LogP contribution in [0.5, 0.6) is 0 Å². The second kappa shape index (κ2) is 5.96. The predicted octanol–water partition coefficient (Wildman–Crippen LogP) is 2.69. The second-order valence-corrected chi connectivity index (χ2v) is 4.42. The third-order valence-electron chi connectivity index (χ3n) is 2.88. The molecule has 0 bridgehead atoms. The van der Waals surface area contributed by atoms with Crippen molar-refractivity contribution in [3.05, 3.63) is 54.6 Å². The summed E-state index contributed by atoms with van der Waals surface area (Å²) in [5.74, 6) is 0.762. The van der Waals surface area contributed by atoms with E-state index in [9.17, 15) is 4.79 Å². The van der Waals surface area contributed by atoms with E-state index in [4.69, 9.17) is 5.11 Å². The van der Waals surface area contributed by atoms with Crippen LogP contribution in [0.4, 0.5) is 10.5 Å². The molecule has 0 unspecified atom stereocenters. The lowest BCUT2D eigenvalue weighted by Crippen LogP contribution is -2.07. The summed E-state index contributed by atoms with van der Waals surface area (Å²) < 4.78 is 0. The number of carbonyl (C=O) groups is 1. The van der Waals surface area contributed by atoms with E-state index in [1.54, 1.807) is 24.3 Å². The minimum atomic E-state index is -1.13. The number of benzene rings is 2. The molecule has 3 aromatic rings. The molecule has 0 saturated carbocycles. The summed E-state index contributed by atoms with van der Waals surface area (Å²) in [6, 6.07) is 16.1. The molecule has 0 aliphatic carbocycles. The third-order valence-corrected chi connectivity index (χ3v) is 2.88. The van der Waals surface area contributed by atoms with Crippen molar-refractivity contribution < 1.29 is 9.90 Å². The van der Waals surface area contributed by atoms with Crippen molar-refractivity contribution in [1.82, 2.24) is 20.4 Å². The second-order valence-electron chi connectivity index (χ2n) is 4.42.